The van der Waals surface area contributed by atoms with Crippen molar-refractivity contribution in [1.82, 2.24) is 0 Å². The lowest BCUT2D eigenvalue weighted by Crippen LogP contribution is -2.04. The average Bonchev–Trinajstić information content (AvgIpc) is 2.56. The van der Waals surface area contributed by atoms with Crippen molar-refractivity contribution in [3.05, 3.63) is 71.3 Å². The number of rotatable bonds is 1. The van der Waals surface area contributed by atoms with Gasteiger partial charge in [-0.15, -0.1) is 0 Å². The lowest BCUT2D eigenvalue weighted by atomic mass is 9.96. The van der Waals surface area contributed by atoms with Crippen LogP contribution >= 0.6 is 0 Å². The number of hydrogen-bond acceptors (Lipinski definition) is 4. The summed E-state index contributed by atoms with van der Waals surface area (Å²) in [7, 11) is 0. The van der Waals surface area contributed by atoms with E-state index in [2.05, 4.69) is 0 Å². The number of nitrogens with zero attached hydrogens (tertiary/aromatic N) is 2. The second kappa shape index (κ2) is 5.47. The highest BCUT2D eigenvalue weighted by Gasteiger charge is 2.20. The number of phenolic OH excluding ortho intramolecular Hbond substituents is 1. The molecule has 0 saturated carbocycles. The molecular weight excluding hydrogens is 276 g/mol. The van der Waals surface area contributed by atoms with E-state index in [1.54, 1.807) is 36.4 Å². The molecule has 0 radical (unpaired) electrons. The maximum absolute atomic E-state index is 9.37. The van der Waals surface area contributed by atoms with Crippen LogP contribution in [0, 0.1) is 22.7 Å². The van der Waals surface area contributed by atoms with Gasteiger partial charge in [0.25, 0.3) is 0 Å². The number of ether oxygens (including phenoxy) is 1. The number of aromatic hydroxyl groups is 1. The van der Waals surface area contributed by atoms with Crippen LogP contribution in [0.15, 0.2) is 60.2 Å². The summed E-state index contributed by atoms with van der Waals surface area (Å²) < 4.78 is 5.85. The Morgan fingerprint density at radius 2 is 1.64 bits per heavy atom. The molecule has 0 unspecified atom stereocenters. The van der Waals surface area contributed by atoms with Crippen LogP contribution in [0.2, 0.25) is 0 Å². The third kappa shape index (κ3) is 2.30. The number of para-hydroxylation sites is 1. The van der Waals surface area contributed by atoms with Gasteiger partial charge in [-0.25, -0.2) is 0 Å². The van der Waals surface area contributed by atoms with Crippen LogP contribution in [0.5, 0.6) is 11.5 Å². The molecule has 0 amide bonds. The molecule has 1 heterocycles. The zero-order valence-electron chi connectivity index (χ0n) is 11.4. The monoisotopic (exact) mass is 286 g/mol. The van der Waals surface area contributed by atoms with E-state index < -0.39 is 0 Å². The first-order valence-electron chi connectivity index (χ1n) is 6.56. The molecular formula is C18H10N2O2. The zero-order valence-corrected chi connectivity index (χ0v) is 11.4. The first-order valence-corrected chi connectivity index (χ1v) is 6.56. The number of phenols is 1. The molecule has 104 valence electrons. The van der Waals surface area contributed by atoms with Gasteiger partial charge in [-0.2, -0.15) is 10.5 Å². The summed E-state index contributed by atoms with van der Waals surface area (Å²) in [6, 6.07) is 17.6. The lowest BCUT2D eigenvalue weighted by molar-refractivity contribution is 0.474. The first-order chi connectivity index (χ1) is 10.7. The quantitative estimate of drug-likeness (QED) is 0.812. The zero-order chi connectivity index (χ0) is 15.5. The van der Waals surface area contributed by atoms with E-state index in [9.17, 15) is 5.11 Å². The number of fused-ring (bicyclic) bond motifs is 1. The normalized spacial score (nSPS) is 12.3. The number of allylic oxidation sites excluding steroid dienone is 3. The number of hydrogen-bond donors (Lipinski definition) is 1. The smallest absolute Gasteiger partial charge is 0.137 e. The summed E-state index contributed by atoms with van der Waals surface area (Å²) in [5.41, 5.74) is 2.03. The molecule has 22 heavy (non-hydrogen) atoms. The molecule has 1 N–H and O–H groups in total. The van der Waals surface area contributed by atoms with E-state index in [4.69, 9.17) is 15.3 Å². The largest absolute Gasteiger partial charge is 0.508 e. The van der Waals surface area contributed by atoms with Gasteiger partial charge >= 0.3 is 0 Å². The highest BCUT2D eigenvalue weighted by molar-refractivity contribution is 5.92. The predicted molar refractivity (Wildman–Crippen MR) is 81.3 cm³/mol. The molecule has 0 aliphatic carbocycles. The van der Waals surface area contributed by atoms with Crippen molar-refractivity contribution in [3.63, 3.8) is 0 Å². The van der Waals surface area contributed by atoms with Crippen molar-refractivity contribution in [2.75, 3.05) is 0 Å². The predicted octanol–water partition coefficient (Wildman–Crippen LogP) is 3.63. The maximum Gasteiger partial charge on any atom is 0.137 e. The van der Waals surface area contributed by atoms with Gasteiger partial charge in [0.2, 0.25) is 0 Å². The molecule has 0 atom stereocenters. The minimum atomic E-state index is 0.0343. The van der Waals surface area contributed by atoms with E-state index in [0.29, 0.717) is 22.6 Å². The van der Waals surface area contributed by atoms with Crippen molar-refractivity contribution in [2.45, 2.75) is 0 Å². The summed E-state index contributed by atoms with van der Waals surface area (Å²) in [5, 5.41) is 27.7. The van der Waals surface area contributed by atoms with Gasteiger partial charge in [0.15, 0.2) is 0 Å². The van der Waals surface area contributed by atoms with Crippen LogP contribution in [0.25, 0.3) is 11.3 Å². The Kier molecular flexibility index (Phi) is 3.35. The standard InChI is InChI=1S/C18H10N2O2/c19-10-13(11-20)16-9-18(12-5-7-14(21)8-6-12)22-17-4-2-1-3-15(16)17/h1-9,21H. The SMILES string of the molecule is N#CC(C#N)=C1C=C(c2ccc(O)cc2)Oc2ccccc21. The summed E-state index contributed by atoms with van der Waals surface area (Å²) in [5.74, 6) is 1.27. The minimum absolute atomic E-state index is 0.0343. The fourth-order valence-electron chi connectivity index (χ4n) is 2.26. The number of benzene rings is 2. The average molecular weight is 286 g/mol. The second-order valence-electron chi connectivity index (χ2n) is 4.67. The Morgan fingerprint density at radius 1 is 0.955 bits per heavy atom. The molecule has 0 fully saturated rings. The van der Waals surface area contributed by atoms with Crippen LogP contribution in [0.1, 0.15) is 11.1 Å². The van der Waals surface area contributed by atoms with Gasteiger partial charge in [0, 0.05) is 16.7 Å². The van der Waals surface area contributed by atoms with Gasteiger partial charge < -0.3 is 9.84 Å². The maximum atomic E-state index is 9.37. The topological polar surface area (TPSA) is 77.0 Å². The Bertz CT molecular complexity index is 863. The van der Waals surface area contributed by atoms with Gasteiger partial charge in [0.05, 0.1) is 0 Å². The molecule has 4 nitrogen and oxygen atoms in total. The van der Waals surface area contributed by atoms with E-state index in [-0.39, 0.29) is 11.3 Å². The van der Waals surface area contributed by atoms with Gasteiger partial charge in [0.1, 0.15) is 35.0 Å². The van der Waals surface area contributed by atoms with E-state index in [1.165, 1.54) is 0 Å². The summed E-state index contributed by atoms with van der Waals surface area (Å²) in [6.07, 6.45) is 1.68. The molecule has 0 spiro atoms. The third-order valence-electron chi connectivity index (χ3n) is 3.32. The Labute approximate surface area is 127 Å². The third-order valence-corrected chi connectivity index (χ3v) is 3.32. The summed E-state index contributed by atoms with van der Waals surface area (Å²) in [4.78, 5) is 0. The van der Waals surface area contributed by atoms with Gasteiger partial charge in [-0.05, 0) is 36.4 Å². The molecule has 1 aliphatic heterocycles. The lowest BCUT2D eigenvalue weighted by Gasteiger charge is -2.20. The molecule has 3 rings (SSSR count). The van der Waals surface area contributed by atoms with Crippen molar-refractivity contribution in [3.8, 4) is 23.6 Å². The van der Waals surface area contributed by atoms with E-state index >= 15 is 0 Å². The molecule has 0 saturated heterocycles. The summed E-state index contributed by atoms with van der Waals surface area (Å²) >= 11 is 0. The molecule has 4 heteroatoms. The van der Waals surface area contributed by atoms with E-state index in [0.717, 1.165) is 5.56 Å². The van der Waals surface area contributed by atoms with Gasteiger partial charge in [-0.1, -0.05) is 18.2 Å². The second-order valence-corrected chi connectivity index (χ2v) is 4.67. The highest BCUT2D eigenvalue weighted by Crippen LogP contribution is 2.38. The van der Waals surface area contributed by atoms with Gasteiger partial charge in [-0.3, -0.25) is 0 Å². The number of nitriles is 2. The van der Waals surface area contributed by atoms with Crippen LogP contribution in [0.4, 0.5) is 0 Å². The highest BCUT2D eigenvalue weighted by atomic mass is 16.5. The van der Waals surface area contributed by atoms with Crippen molar-refractivity contribution in [1.29, 1.82) is 10.5 Å². The molecule has 0 bridgehead atoms. The Morgan fingerprint density at radius 3 is 2.32 bits per heavy atom. The Hall–Kier alpha value is -3.50. The van der Waals surface area contributed by atoms with Crippen molar-refractivity contribution < 1.29 is 9.84 Å². The van der Waals surface area contributed by atoms with Crippen LogP contribution in [-0.4, -0.2) is 5.11 Å². The first kappa shape index (κ1) is 13.5. The minimum Gasteiger partial charge on any atom is -0.508 e. The van der Waals surface area contributed by atoms with Crippen LogP contribution in [-0.2, 0) is 0 Å². The van der Waals surface area contributed by atoms with Crippen LogP contribution < -0.4 is 4.74 Å². The molecule has 2 aromatic rings. The molecule has 1 aliphatic rings. The van der Waals surface area contributed by atoms with Crippen molar-refractivity contribution >= 4 is 11.3 Å². The van der Waals surface area contributed by atoms with Crippen LogP contribution in [0.3, 0.4) is 0 Å². The summed E-state index contributed by atoms with van der Waals surface area (Å²) in [6.45, 7) is 0. The van der Waals surface area contributed by atoms with E-state index in [1.807, 2.05) is 30.3 Å². The molecule has 2 aromatic carbocycles. The Balaban J connectivity index is 2.20. The molecule has 0 aromatic heterocycles. The van der Waals surface area contributed by atoms with Crippen molar-refractivity contribution in [2.24, 2.45) is 0 Å². The fraction of sp³-hybridized carbons (Fsp3) is 0. The fourth-order valence-corrected chi connectivity index (χ4v) is 2.26.